The fourth-order valence-corrected chi connectivity index (χ4v) is 4.85. The SMILES string of the molecule is CCCOc1cccc(/C(O)=C2/C(=O)C(=O)N(C3CCCC3)C2c2ccc(OC(C)C)cc2)c1. The molecule has 1 aliphatic heterocycles. The van der Waals surface area contributed by atoms with Gasteiger partial charge in [-0.25, -0.2) is 0 Å². The quantitative estimate of drug-likeness (QED) is 0.312. The van der Waals surface area contributed by atoms with E-state index in [1.165, 1.54) is 0 Å². The molecule has 1 unspecified atom stereocenters. The van der Waals surface area contributed by atoms with Crippen molar-refractivity contribution in [2.24, 2.45) is 0 Å². The van der Waals surface area contributed by atoms with Crippen molar-refractivity contribution >= 4 is 17.4 Å². The van der Waals surface area contributed by atoms with Gasteiger partial charge in [0.2, 0.25) is 0 Å². The van der Waals surface area contributed by atoms with E-state index < -0.39 is 17.7 Å². The van der Waals surface area contributed by atoms with E-state index in [1.54, 1.807) is 23.1 Å². The highest BCUT2D eigenvalue weighted by Crippen LogP contribution is 2.43. The van der Waals surface area contributed by atoms with Crippen molar-refractivity contribution in [3.63, 3.8) is 0 Å². The number of hydrogen-bond donors (Lipinski definition) is 1. The van der Waals surface area contributed by atoms with Crippen molar-refractivity contribution in [2.45, 2.75) is 71.1 Å². The molecule has 1 saturated carbocycles. The molecule has 4 rings (SSSR count). The van der Waals surface area contributed by atoms with E-state index >= 15 is 0 Å². The first-order valence-corrected chi connectivity index (χ1v) is 12.2. The fourth-order valence-electron chi connectivity index (χ4n) is 4.85. The molecule has 2 aromatic rings. The first-order chi connectivity index (χ1) is 16.4. The second-order valence-corrected chi connectivity index (χ2v) is 9.26. The third-order valence-electron chi connectivity index (χ3n) is 6.35. The number of benzene rings is 2. The van der Waals surface area contributed by atoms with Gasteiger partial charge < -0.3 is 19.5 Å². The Morgan fingerprint density at radius 2 is 1.76 bits per heavy atom. The summed E-state index contributed by atoms with van der Waals surface area (Å²) < 4.78 is 11.5. The minimum atomic E-state index is -0.642. The Kier molecular flexibility index (Phi) is 7.25. The van der Waals surface area contributed by atoms with Crippen LogP contribution in [0.25, 0.3) is 5.76 Å². The van der Waals surface area contributed by atoms with E-state index in [2.05, 4.69) is 0 Å². The zero-order chi connectivity index (χ0) is 24.2. The van der Waals surface area contributed by atoms with Gasteiger partial charge in [0, 0.05) is 11.6 Å². The predicted molar refractivity (Wildman–Crippen MR) is 131 cm³/mol. The highest BCUT2D eigenvalue weighted by Gasteiger charge is 2.49. The summed E-state index contributed by atoms with van der Waals surface area (Å²) in [5.74, 6) is -0.0237. The van der Waals surface area contributed by atoms with Gasteiger partial charge in [-0.3, -0.25) is 9.59 Å². The maximum absolute atomic E-state index is 13.3. The van der Waals surface area contributed by atoms with Crippen LogP contribution in [-0.4, -0.2) is 40.4 Å². The topological polar surface area (TPSA) is 76.1 Å². The Morgan fingerprint density at radius 3 is 2.41 bits per heavy atom. The fraction of sp³-hybridized carbons (Fsp3) is 0.429. The van der Waals surface area contributed by atoms with Crippen LogP contribution in [-0.2, 0) is 9.59 Å². The number of hydrogen-bond acceptors (Lipinski definition) is 5. The summed E-state index contributed by atoms with van der Waals surface area (Å²) in [5, 5.41) is 11.3. The van der Waals surface area contributed by atoms with Gasteiger partial charge in [-0.05, 0) is 62.9 Å². The summed E-state index contributed by atoms with van der Waals surface area (Å²) in [6.07, 6.45) is 4.67. The van der Waals surface area contributed by atoms with Crippen LogP contribution in [0.2, 0.25) is 0 Å². The van der Waals surface area contributed by atoms with Gasteiger partial charge in [-0.2, -0.15) is 0 Å². The molecule has 1 N–H and O–H groups in total. The van der Waals surface area contributed by atoms with E-state index in [-0.39, 0.29) is 23.5 Å². The number of amides is 1. The van der Waals surface area contributed by atoms with E-state index in [4.69, 9.17) is 9.47 Å². The lowest BCUT2D eigenvalue weighted by molar-refractivity contribution is -0.141. The second-order valence-electron chi connectivity index (χ2n) is 9.26. The number of rotatable bonds is 8. The number of carbonyl (C=O) groups excluding carboxylic acids is 2. The van der Waals surface area contributed by atoms with Crippen LogP contribution in [0.4, 0.5) is 0 Å². The summed E-state index contributed by atoms with van der Waals surface area (Å²) in [7, 11) is 0. The number of ketones is 1. The van der Waals surface area contributed by atoms with Crippen LogP contribution in [0.1, 0.15) is 70.0 Å². The van der Waals surface area contributed by atoms with Crippen LogP contribution in [0.5, 0.6) is 11.5 Å². The Morgan fingerprint density at radius 1 is 1.06 bits per heavy atom. The highest BCUT2D eigenvalue weighted by atomic mass is 16.5. The van der Waals surface area contributed by atoms with Gasteiger partial charge in [0.15, 0.2) is 0 Å². The van der Waals surface area contributed by atoms with Crippen molar-refractivity contribution in [1.29, 1.82) is 0 Å². The van der Waals surface area contributed by atoms with E-state index in [0.29, 0.717) is 17.9 Å². The van der Waals surface area contributed by atoms with Crippen molar-refractivity contribution in [1.82, 2.24) is 4.90 Å². The number of nitrogens with zero attached hydrogens (tertiary/aromatic N) is 1. The smallest absolute Gasteiger partial charge is 0.295 e. The lowest BCUT2D eigenvalue weighted by Gasteiger charge is -2.31. The maximum Gasteiger partial charge on any atom is 0.295 e. The third-order valence-corrected chi connectivity index (χ3v) is 6.35. The molecule has 2 fully saturated rings. The van der Waals surface area contributed by atoms with Crippen LogP contribution in [0.15, 0.2) is 54.1 Å². The molecule has 0 spiro atoms. The molecule has 1 heterocycles. The molecule has 1 aliphatic carbocycles. The molecule has 1 saturated heterocycles. The van der Waals surface area contributed by atoms with Crippen molar-refractivity contribution in [3.05, 3.63) is 65.2 Å². The molecule has 0 radical (unpaired) electrons. The van der Waals surface area contributed by atoms with Gasteiger partial charge in [0.1, 0.15) is 17.3 Å². The van der Waals surface area contributed by atoms with Crippen molar-refractivity contribution < 1.29 is 24.2 Å². The van der Waals surface area contributed by atoms with Gasteiger partial charge in [0.05, 0.1) is 24.3 Å². The third kappa shape index (κ3) is 4.81. The summed E-state index contributed by atoms with van der Waals surface area (Å²) >= 11 is 0. The molecule has 2 aliphatic rings. The average molecular weight is 464 g/mol. The van der Waals surface area contributed by atoms with Gasteiger partial charge in [-0.1, -0.05) is 44.0 Å². The van der Waals surface area contributed by atoms with Crippen LogP contribution < -0.4 is 9.47 Å². The first kappa shape index (κ1) is 23.9. The molecule has 180 valence electrons. The standard InChI is InChI=1S/C28H33NO5/c1-4-16-33-23-11-7-8-20(17-23)26(30)24-25(19-12-14-22(15-13-19)34-18(2)3)29(28(32)27(24)31)21-9-5-6-10-21/h7-8,11-15,17-18,21,25,30H,4-6,9-10,16H2,1-3H3/b26-24-. The highest BCUT2D eigenvalue weighted by molar-refractivity contribution is 6.46. The number of likely N-dealkylation sites (tertiary alicyclic amines) is 1. The summed E-state index contributed by atoms with van der Waals surface area (Å²) in [5.41, 5.74) is 1.37. The number of carbonyl (C=O) groups is 2. The molecule has 34 heavy (non-hydrogen) atoms. The lowest BCUT2D eigenvalue weighted by atomic mass is 9.94. The van der Waals surface area contributed by atoms with E-state index in [1.807, 2.05) is 51.1 Å². The van der Waals surface area contributed by atoms with E-state index in [0.717, 1.165) is 43.4 Å². The maximum atomic E-state index is 13.3. The minimum absolute atomic E-state index is 0.0161. The second kappa shape index (κ2) is 10.3. The molecule has 0 aromatic heterocycles. The molecule has 6 nitrogen and oxygen atoms in total. The molecule has 2 aromatic carbocycles. The lowest BCUT2D eigenvalue weighted by Crippen LogP contribution is -2.37. The van der Waals surface area contributed by atoms with Crippen molar-refractivity contribution in [3.8, 4) is 11.5 Å². The normalized spacial score (nSPS) is 20.4. The Hall–Kier alpha value is -3.28. The van der Waals surface area contributed by atoms with Crippen LogP contribution >= 0.6 is 0 Å². The monoisotopic (exact) mass is 463 g/mol. The van der Waals surface area contributed by atoms with Crippen molar-refractivity contribution in [2.75, 3.05) is 6.61 Å². The Labute approximate surface area is 201 Å². The van der Waals surface area contributed by atoms with Gasteiger partial charge in [0.25, 0.3) is 11.7 Å². The summed E-state index contributed by atoms with van der Waals surface area (Å²) in [6.45, 7) is 6.50. The summed E-state index contributed by atoms with van der Waals surface area (Å²) in [6, 6.07) is 13.8. The minimum Gasteiger partial charge on any atom is -0.507 e. The number of aliphatic hydroxyl groups is 1. The Balaban J connectivity index is 1.79. The zero-order valence-corrected chi connectivity index (χ0v) is 20.1. The predicted octanol–water partition coefficient (Wildman–Crippen LogP) is 5.63. The van der Waals surface area contributed by atoms with Gasteiger partial charge >= 0.3 is 0 Å². The number of ether oxygens (including phenoxy) is 2. The Bertz CT molecular complexity index is 1070. The molecular formula is C28H33NO5. The zero-order valence-electron chi connectivity index (χ0n) is 20.1. The number of Topliss-reactive ketones (excluding diaryl/α,β-unsaturated/α-hetero) is 1. The average Bonchev–Trinajstić information content (AvgIpc) is 3.44. The molecule has 6 heteroatoms. The molecular weight excluding hydrogens is 430 g/mol. The molecule has 1 amide bonds. The largest absolute Gasteiger partial charge is 0.507 e. The van der Waals surface area contributed by atoms with Crippen LogP contribution in [0.3, 0.4) is 0 Å². The molecule has 0 bridgehead atoms. The molecule has 1 atom stereocenters. The first-order valence-electron chi connectivity index (χ1n) is 12.2. The van der Waals surface area contributed by atoms with E-state index in [9.17, 15) is 14.7 Å². The summed E-state index contributed by atoms with van der Waals surface area (Å²) in [4.78, 5) is 28.2. The number of aliphatic hydroxyl groups excluding tert-OH is 1. The van der Waals surface area contributed by atoms with Gasteiger partial charge in [-0.15, -0.1) is 0 Å². The van der Waals surface area contributed by atoms with Crippen LogP contribution in [0, 0.1) is 0 Å².